The van der Waals surface area contributed by atoms with Crippen LogP contribution in [0.5, 0.6) is 0 Å². The van der Waals surface area contributed by atoms with E-state index in [9.17, 15) is 0 Å². The summed E-state index contributed by atoms with van der Waals surface area (Å²) in [7, 11) is 2.27. The Morgan fingerprint density at radius 1 is 1.13 bits per heavy atom. The lowest BCUT2D eigenvalue weighted by atomic mass is 9.97. The molecule has 0 unspecified atom stereocenters. The van der Waals surface area contributed by atoms with Crippen molar-refractivity contribution in [3.63, 3.8) is 0 Å². The van der Waals surface area contributed by atoms with Gasteiger partial charge in [0, 0.05) is 17.6 Å². The number of hydrogen-bond acceptors (Lipinski definition) is 2. The number of piperidine rings is 1. The molecule has 90 valence electrons. The predicted octanol–water partition coefficient (Wildman–Crippen LogP) is 2.59. The summed E-state index contributed by atoms with van der Waals surface area (Å²) < 4.78 is 0. The van der Waals surface area contributed by atoms with Crippen LogP contribution in [0.3, 0.4) is 0 Å². The Labute approximate surface area is 95.6 Å². The van der Waals surface area contributed by atoms with E-state index in [-0.39, 0.29) is 0 Å². The summed E-state index contributed by atoms with van der Waals surface area (Å²) in [5.41, 5.74) is 0.310. The van der Waals surface area contributed by atoms with E-state index in [0.29, 0.717) is 11.6 Å². The molecular weight excluding hydrogens is 184 g/mol. The number of hydrogen-bond donors (Lipinski definition) is 0. The lowest BCUT2D eigenvalue weighted by molar-refractivity contribution is 0.0551. The number of rotatable bonds is 2. The average molecular weight is 212 g/mol. The highest BCUT2D eigenvalue weighted by atomic mass is 15.2. The van der Waals surface area contributed by atoms with Crippen LogP contribution in [0.15, 0.2) is 0 Å². The van der Waals surface area contributed by atoms with Crippen molar-refractivity contribution in [2.75, 3.05) is 20.1 Å². The standard InChI is InChI=1S/C13H28N2/c1-11(2)15-9-7-12(8-10-15)14(6)13(3,4)5/h11-12H,7-10H2,1-6H3. The first-order valence-corrected chi connectivity index (χ1v) is 6.29. The monoisotopic (exact) mass is 212 g/mol. The van der Waals surface area contributed by atoms with Crippen LogP contribution in [-0.2, 0) is 0 Å². The van der Waals surface area contributed by atoms with E-state index in [0.717, 1.165) is 6.04 Å². The summed E-state index contributed by atoms with van der Waals surface area (Å²) in [4.78, 5) is 5.14. The van der Waals surface area contributed by atoms with Crippen molar-refractivity contribution in [2.24, 2.45) is 0 Å². The van der Waals surface area contributed by atoms with Crippen LogP contribution < -0.4 is 0 Å². The van der Waals surface area contributed by atoms with E-state index in [1.807, 2.05) is 0 Å². The van der Waals surface area contributed by atoms with Crippen molar-refractivity contribution in [2.45, 2.75) is 65.1 Å². The molecule has 1 aliphatic rings. The fourth-order valence-corrected chi connectivity index (χ4v) is 2.34. The molecule has 0 N–H and O–H groups in total. The first-order chi connectivity index (χ1) is 6.82. The van der Waals surface area contributed by atoms with Crippen molar-refractivity contribution in [3.05, 3.63) is 0 Å². The highest BCUT2D eigenvalue weighted by Gasteiger charge is 2.28. The normalized spacial score (nSPS) is 21.6. The molecule has 0 spiro atoms. The van der Waals surface area contributed by atoms with Gasteiger partial charge in [-0.25, -0.2) is 0 Å². The van der Waals surface area contributed by atoms with Crippen LogP contribution in [0.25, 0.3) is 0 Å². The summed E-state index contributed by atoms with van der Waals surface area (Å²) in [6.45, 7) is 14.1. The second kappa shape index (κ2) is 4.84. The molecular formula is C13H28N2. The molecule has 0 amide bonds. The lowest BCUT2D eigenvalue weighted by Gasteiger charge is -2.43. The summed E-state index contributed by atoms with van der Waals surface area (Å²) >= 11 is 0. The van der Waals surface area contributed by atoms with Crippen molar-refractivity contribution in [3.8, 4) is 0 Å². The molecule has 1 fully saturated rings. The summed E-state index contributed by atoms with van der Waals surface area (Å²) in [5.74, 6) is 0. The number of likely N-dealkylation sites (tertiary alicyclic amines) is 1. The second-order valence-electron chi connectivity index (χ2n) is 6.14. The highest BCUT2D eigenvalue weighted by Crippen LogP contribution is 2.23. The predicted molar refractivity (Wildman–Crippen MR) is 67.2 cm³/mol. The lowest BCUT2D eigenvalue weighted by Crippen LogP contribution is -2.51. The minimum Gasteiger partial charge on any atom is -0.301 e. The van der Waals surface area contributed by atoms with Gasteiger partial charge in [0.15, 0.2) is 0 Å². The average Bonchev–Trinajstić information content (AvgIpc) is 2.15. The Bertz CT molecular complexity index is 185. The Balaban J connectivity index is 2.44. The largest absolute Gasteiger partial charge is 0.301 e. The molecule has 1 heterocycles. The molecule has 0 aromatic heterocycles. The zero-order chi connectivity index (χ0) is 11.6. The molecule has 0 aliphatic carbocycles. The fraction of sp³-hybridized carbons (Fsp3) is 1.00. The van der Waals surface area contributed by atoms with Crippen molar-refractivity contribution in [1.29, 1.82) is 0 Å². The molecule has 0 bridgehead atoms. The molecule has 0 atom stereocenters. The smallest absolute Gasteiger partial charge is 0.0124 e. The molecule has 1 aliphatic heterocycles. The molecule has 0 aromatic carbocycles. The Morgan fingerprint density at radius 2 is 1.60 bits per heavy atom. The molecule has 1 rings (SSSR count). The van der Waals surface area contributed by atoms with Gasteiger partial charge < -0.3 is 4.90 Å². The topological polar surface area (TPSA) is 6.48 Å². The summed E-state index contributed by atoms with van der Waals surface area (Å²) in [6, 6.07) is 1.49. The van der Waals surface area contributed by atoms with Crippen molar-refractivity contribution < 1.29 is 0 Å². The zero-order valence-electron chi connectivity index (χ0n) is 11.4. The molecule has 2 heteroatoms. The maximum absolute atomic E-state index is 2.59. The fourth-order valence-electron chi connectivity index (χ4n) is 2.34. The third kappa shape index (κ3) is 3.46. The molecule has 1 saturated heterocycles. The van der Waals surface area contributed by atoms with E-state index >= 15 is 0 Å². The van der Waals surface area contributed by atoms with E-state index in [2.05, 4.69) is 51.5 Å². The first-order valence-electron chi connectivity index (χ1n) is 6.29. The van der Waals surface area contributed by atoms with Crippen LogP contribution in [-0.4, -0.2) is 47.6 Å². The Morgan fingerprint density at radius 3 is 1.93 bits per heavy atom. The van der Waals surface area contributed by atoms with Gasteiger partial charge in [-0.3, -0.25) is 4.90 Å². The van der Waals surface area contributed by atoms with Crippen LogP contribution in [0, 0.1) is 0 Å². The van der Waals surface area contributed by atoms with Gasteiger partial charge in [0.1, 0.15) is 0 Å². The number of nitrogens with zero attached hydrogens (tertiary/aromatic N) is 2. The summed E-state index contributed by atoms with van der Waals surface area (Å²) in [5, 5.41) is 0. The minimum absolute atomic E-state index is 0.310. The minimum atomic E-state index is 0.310. The van der Waals surface area contributed by atoms with Gasteiger partial charge in [-0.05, 0) is 67.6 Å². The van der Waals surface area contributed by atoms with Crippen LogP contribution in [0.2, 0.25) is 0 Å². The van der Waals surface area contributed by atoms with Gasteiger partial charge in [0.05, 0.1) is 0 Å². The molecule has 0 saturated carbocycles. The van der Waals surface area contributed by atoms with Gasteiger partial charge in [-0.15, -0.1) is 0 Å². The van der Waals surface area contributed by atoms with Gasteiger partial charge in [0.2, 0.25) is 0 Å². The quantitative estimate of drug-likeness (QED) is 0.694. The van der Waals surface area contributed by atoms with Gasteiger partial charge >= 0.3 is 0 Å². The van der Waals surface area contributed by atoms with E-state index in [1.54, 1.807) is 0 Å². The maximum atomic E-state index is 2.59. The van der Waals surface area contributed by atoms with Gasteiger partial charge in [0.25, 0.3) is 0 Å². The zero-order valence-corrected chi connectivity index (χ0v) is 11.4. The third-order valence-corrected chi connectivity index (χ3v) is 3.84. The van der Waals surface area contributed by atoms with E-state index < -0.39 is 0 Å². The van der Waals surface area contributed by atoms with E-state index in [4.69, 9.17) is 0 Å². The van der Waals surface area contributed by atoms with Gasteiger partial charge in [-0.2, -0.15) is 0 Å². The first kappa shape index (κ1) is 13.0. The highest BCUT2D eigenvalue weighted by molar-refractivity contribution is 4.85. The van der Waals surface area contributed by atoms with Crippen LogP contribution in [0.1, 0.15) is 47.5 Å². The van der Waals surface area contributed by atoms with Crippen molar-refractivity contribution >= 4 is 0 Å². The van der Waals surface area contributed by atoms with E-state index in [1.165, 1.54) is 25.9 Å². The summed E-state index contributed by atoms with van der Waals surface area (Å²) in [6.07, 6.45) is 2.65. The SMILES string of the molecule is CC(C)N1CCC(N(C)C(C)(C)C)CC1. The Hall–Kier alpha value is -0.0800. The molecule has 2 nitrogen and oxygen atoms in total. The molecule has 0 radical (unpaired) electrons. The molecule has 0 aromatic rings. The molecule has 15 heavy (non-hydrogen) atoms. The van der Waals surface area contributed by atoms with Crippen LogP contribution in [0.4, 0.5) is 0 Å². The van der Waals surface area contributed by atoms with Gasteiger partial charge in [-0.1, -0.05) is 0 Å². The third-order valence-electron chi connectivity index (χ3n) is 3.84. The van der Waals surface area contributed by atoms with Crippen LogP contribution >= 0.6 is 0 Å². The maximum Gasteiger partial charge on any atom is 0.0124 e. The second-order valence-corrected chi connectivity index (χ2v) is 6.14. The Kier molecular flexibility index (Phi) is 4.19. The van der Waals surface area contributed by atoms with Crippen molar-refractivity contribution in [1.82, 2.24) is 9.80 Å².